The SMILES string of the molecule is C=CCCC(C)(O)Cc1cc(F)cc(F)c1. The fourth-order valence-electron chi connectivity index (χ4n) is 1.65. The van der Waals surface area contributed by atoms with Crippen LogP contribution in [0.3, 0.4) is 0 Å². The topological polar surface area (TPSA) is 20.2 Å². The highest BCUT2D eigenvalue weighted by molar-refractivity contribution is 5.19. The summed E-state index contributed by atoms with van der Waals surface area (Å²) in [7, 11) is 0. The maximum absolute atomic E-state index is 12.9. The second-order valence-electron chi connectivity index (χ2n) is 4.28. The molecule has 0 heterocycles. The van der Waals surface area contributed by atoms with Gasteiger partial charge in [-0.3, -0.25) is 0 Å². The van der Waals surface area contributed by atoms with Gasteiger partial charge in [0.25, 0.3) is 0 Å². The van der Waals surface area contributed by atoms with Crippen molar-refractivity contribution >= 4 is 0 Å². The Balaban J connectivity index is 2.74. The minimum absolute atomic E-state index is 0.232. The number of benzene rings is 1. The number of aliphatic hydroxyl groups is 1. The first kappa shape index (κ1) is 12.8. The summed E-state index contributed by atoms with van der Waals surface area (Å²) in [4.78, 5) is 0. The van der Waals surface area contributed by atoms with Crippen LogP contribution in [0.15, 0.2) is 30.9 Å². The molecular formula is C13H16F2O. The van der Waals surface area contributed by atoms with Crippen LogP contribution in [0.1, 0.15) is 25.3 Å². The molecule has 0 aliphatic carbocycles. The van der Waals surface area contributed by atoms with Gasteiger partial charge in [0.15, 0.2) is 0 Å². The molecule has 1 aromatic carbocycles. The largest absolute Gasteiger partial charge is 0.390 e. The molecule has 0 spiro atoms. The van der Waals surface area contributed by atoms with Crippen molar-refractivity contribution in [2.75, 3.05) is 0 Å². The Morgan fingerprint density at radius 3 is 2.38 bits per heavy atom. The van der Waals surface area contributed by atoms with Crippen molar-refractivity contribution in [3.63, 3.8) is 0 Å². The van der Waals surface area contributed by atoms with E-state index in [1.54, 1.807) is 13.0 Å². The van der Waals surface area contributed by atoms with Gasteiger partial charge in [0.2, 0.25) is 0 Å². The highest BCUT2D eigenvalue weighted by Crippen LogP contribution is 2.20. The third kappa shape index (κ3) is 4.11. The predicted molar refractivity (Wildman–Crippen MR) is 60.1 cm³/mol. The lowest BCUT2D eigenvalue weighted by Crippen LogP contribution is -2.26. The first-order chi connectivity index (χ1) is 7.43. The highest BCUT2D eigenvalue weighted by Gasteiger charge is 2.20. The van der Waals surface area contributed by atoms with E-state index in [-0.39, 0.29) is 6.42 Å². The summed E-state index contributed by atoms with van der Waals surface area (Å²) < 4.78 is 25.8. The average Bonchev–Trinajstić information content (AvgIpc) is 2.12. The zero-order valence-corrected chi connectivity index (χ0v) is 9.34. The third-order valence-electron chi connectivity index (χ3n) is 2.39. The van der Waals surface area contributed by atoms with E-state index < -0.39 is 17.2 Å². The lowest BCUT2D eigenvalue weighted by molar-refractivity contribution is 0.0522. The second kappa shape index (κ2) is 5.21. The van der Waals surface area contributed by atoms with Crippen molar-refractivity contribution in [1.82, 2.24) is 0 Å². The zero-order valence-electron chi connectivity index (χ0n) is 9.34. The fourth-order valence-corrected chi connectivity index (χ4v) is 1.65. The molecule has 0 aliphatic heterocycles. The minimum atomic E-state index is -0.964. The maximum Gasteiger partial charge on any atom is 0.126 e. The van der Waals surface area contributed by atoms with E-state index in [1.807, 2.05) is 0 Å². The van der Waals surface area contributed by atoms with Crippen molar-refractivity contribution in [2.45, 2.75) is 31.8 Å². The van der Waals surface area contributed by atoms with E-state index >= 15 is 0 Å². The number of hydrogen-bond acceptors (Lipinski definition) is 1. The maximum atomic E-state index is 12.9. The lowest BCUT2D eigenvalue weighted by atomic mass is 9.92. The van der Waals surface area contributed by atoms with Crippen molar-refractivity contribution in [3.05, 3.63) is 48.1 Å². The smallest absolute Gasteiger partial charge is 0.126 e. The predicted octanol–water partition coefficient (Wildman–Crippen LogP) is 3.22. The average molecular weight is 226 g/mol. The van der Waals surface area contributed by atoms with Crippen LogP contribution in [0.2, 0.25) is 0 Å². The summed E-state index contributed by atoms with van der Waals surface area (Å²) >= 11 is 0. The van der Waals surface area contributed by atoms with Crippen LogP contribution in [0.4, 0.5) is 8.78 Å². The Kier molecular flexibility index (Phi) is 4.19. The Morgan fingerprint density at radius 1 is 1.31 bits per heavy atom. The standard InChI is InChI=1S/C13H16F2O/c1-3-4-5-13(2,16)9-10-6-11(14)8-12(15)7-10/h3,6-8,16H,1,4-5,9H2,2H3. The van der Waals surface area contributed by atoms with Gasteiger partial charge in [0, 0.05) is 12.5 Å². The summed E-state index contributed by atoms with van der Waals surface area (Å²) in [6, 6.07) is 3.30. The van der Waals surface area contributed by atoms with Gasteiger partial charge >= 0.3 is 0 Å². The van der Waals surface area contributed by atoms with Crippen LogP contribution in [0.5, 0.6) is 0 Å². The number of hydrogen-bond donors (Lipinski definition) is 1. The molecule has 16 heavy (non-hydrogen) atoms. The van der Waals surface area contributed by atoms with E-state index in [4.69, 9.17) is 0 Å². The molecule has 3 heteroatoms. The van der Waals surface area contributed by atoms with Crippen LogP contribution >= 0.6 is 0 Å². The molecule has 0 radical (unpaired) electrons. The van der Waals surface area contributed by atoms with Gasteiger partial charge in [-0.2, -0.15) is 0 Å². The summed E-state index contributed by atoms with van der Waals surface area (Å²) in [6.45, 7) is 5.22. The molecule has 0 saturated heterocycles. The molecule has 1 N–H and O–H groups in total. The summed E-state index contributed by atoms with van der Waals surface area (Å²) in [5.74, 6) is -1.23. The summed E-state index contributed by atoms with van der Waals surface area (Å²) in [5, 5.41) is 9.99. The van der Waals surface area contributed by atoms with Crippen molar-refractivity contribution in [1.29, 1.82) is 0 Å². The van der Waals surface area contributed by atoms with Gasteiger partial charge in [-0.15, -0.1) is 6.58 Å². The number of rotatable bonds is 5. The summed E-state index contributed by atoms with van der Waals surface area (Å²) in [6.07, 6.45) is 3.13. The van der Waals surface area contributed by atoms with E-state index in [0.29, 0.717) is 18.4 Å². The Labute approximate surface area is 94.4 Å². The first-order valence-electron chi connectivity index (χ1n) is 5.21. The molecular weight excluding hydrogens is 210 g/mol. The molecule has 1 atom stereocenters. The molecule has 0 fully saturated rings. The molecule has 0 amide bonds. The van der Waals surface area contributed by atoms with Crippen LogP contribution in [-0.2, 0) is 6.42 Å². The highest BCUT2D eigenvalue weighted by atomic mass is 19.1. The molecule has 0 aromatic heterocycles. The quantitative estimate of drug-likeness (QED) is 0.764. The zero-order chi connectivity index (χ0) is 12.2. The van der Waals surface area contributed by atoms with Gasteiger partial charge in [-0.05, 0) is 37.5 Å². The van der Waals surface area contributed by atoms with Gasteiger partial charge in [-0.1, -0.05) is 6.08 Å². The van der Waals surface area contributed by atoms with Crippen LogP contribution < -0.4 is 0 Å². The van der Waals surface area contributed by atoms with Crippen molar-refractivity contribution in [3.8, 4) is 0 Å². The summed E-state index contributed by atoms with van der Waals surface area (Å²) in [5.41, 5.74) is -0.499. The van der Waals surface area contributed by atoms with E-state index in [2.05, 4.69) is 6.58 Å². The normalized spacial score (nSPS) is 14.5. The minimum Gasteiger partial charge on any atom is -0.390 e. The Bertz CT molecular complexity index is 352. The molecule has 0 bridgehead atoms. The van der Waals surface area contributed by atoms with Crippen LogP contribution in [0, 0.1) is 11.6 Å². The van der Waals surface area contributed by atoms with Gasteiger partial charge < -0.3 is 5.11 Å². The fraction of sp³-hybridized carbons (Fsp3) is 0.385. The second-order valence-corrected chi connectivity index (χ2v) is 4.28. The first-order valence-corrected chi connectivity index (χ1v) is 5.21. The molecule has 1 nitrogen and oxygen atoms in total. The number of halogens is 2. The van der Waals surface area contributed by atoms with E-state index in [9.17, 15) is 13.9 Å². The molecule has 0 aliphatic rings. The van der Waals surface area contributed by atoms with Gasteiger partial charge in [0.1, 0.15) is 11.6 Å². The Morgan fingerprint density at radius 2 is 1.88 bits per heavy atom. The van der Waals surface area contributed by atoms with Crippen LogP contribution in [0.25, 0.3) is 0 Å². The molecule has 1 unspecified atom stereocenters. The van der Waals surface area contributed by atoms with E-state index in [1.165, 1.54) is 12.1 Å². The Hall–Kier alpha value is -1.22. The van der Waals surface area contributed by atoms with Crippen molar-refractivity contribution < 1.29 is 13.9 Å². The lowest BCUT2D eigenvalue weighted by Gasteiger charge is -2.22. The monoisotopic (exact) mass is 226 g/mol. The van der Waals surface area contributed by atoms with Gasteiger partial charge in [0.05, 0.1) is 5.60 Å². The van der Waals surface area contributed by atoms with Gasteiger partial charge in [-0.25, -0.2) is 8.78 Å². The number of allylic oxidation sites excluding steroid dienone is 1. The van der Waals surface area contributed by atoms with E-state index in [0.717, 1.165) is 6.07 Å². The third-order valence-corrected chi connectivity index (χ3v) is 2.39. The van der Waals surface area contributed by atoms with Crippen molar-refractivity contribution in [2.24, 2.45) is 0 Å². The molecule has 1 aromatic rings. The molecule has 0 saturated carbocycles. The molecule has 1 rings (SSSR count). The van der Waals surface area contributed by atoms with Crippen LogP contribution in [-0.4, -0.2) is 10.7 Å². The molecule has 88 valence electrons.